The van der Waals surface area contributed by atoms with Crippen LogP contribution in [0.25, 0.3) is 0 Å². The van der Waals surface area contributed by atoms with E-state index in [0.717, 1.165) is 29.0 Å². The lowest BCUT2D eigenvalue weighted by Crippen LogP contribution is -2.51. The molecule has 2 aromatic rings. The van der Waals surface area contributed by atoms with Gasteiger partial charge in [-0.1, -0.05) is 55.3 Å². The van der Waals surface area contributed by atoms with Crippen molar-refractivity contribution in [2.75, 3.05) is 23.7 Å². The van der Waals surface area contributed by atoms with E-state index in [1.807, 2.05) is 6.92 Å². The largest absolute Gasteiger partial charge is 0.354 e. The van der Waals surface area contributed by atoms with E-state index in [0.29, 0.717) is 17.3 Å². The van der Waals surface area contributed by atoms with Crippen LogP contribution in [0.15, 0.2) is 54.6 Å². The van der Waals surface area contributed by atoms with Crippen LogP contribution in [0.2, 0.25) is 5.02 Å². The molecule has 0 heterocycles. The van der Waals surface area contributed by atoms with Crippen molar-refractivity contribution in [2.45, 2.75) is 39.3 Å². The lowest BCUT2D eigenvalue weighted by atomic mass is 10.1. The van der Waals surface area contributed by atoms with E-state index in [9.17, 15) is 18.0 Å². The standard InChI is InChI=1S/C23H30ClN3O4S/c1-4-5-14-25-23(29)18(2)26(16-19-10-9-11-20(24)15-19)22(28)17-27(32(3,30)31)21-12-7-6-8-13-21/h6-13,15,18H,4-5,14,16-17H2,1-3H3,(H,25,29)/t18-/m1/s1. The Balaban J connectivity index is 2.31. The molecule has 2 rings (SSSR count). The minimum Gasteiger partial charge on any atom is -0.354 e. The summed E-state index contributed by atoms with van der Waals surface area (Å²) >= 11 is 6.09. The molecule has 2 aromatic carbocycles. The molecule has 1 N–H and O–H groups in total. The summed E-state index contributed by atoms with van der Waals surface area (Å²) in [6.45, 7) is 3.87. The number of amides is 2. The average Bonchev–Trinajstić information content (AvgIpc) is 2.75. The molecule has 0 aromatic heterocycles. The third-order valence-corrected chi connectivity index (χ3v) is 6.34. The Morgan fingerprint density at radius 1 is 1.09 bits per heavy atom. The smallest absolute Gasteiger partial charge is 0.244 e. The molecule has 7 nitrogen and oxygen atoms in total. The molecule has 1 atom stereocenters. The van der Waals surface area contributed by atoms with Gasteiger partial charge < -0.3 is 10.2 Å². The van der Waals surface area contributed by atoms with E-state index in [1.54, 1.807) is 61.5 Å². The fraction of sp³-hybridized carbons (Fsp3) is 0.391. The van der Waals surface area contributed by atoms with Gasteiger partial charge >= 0.3 is 0 Å². The van der Waals surface area contributed by atoms with E-state index < -0.39 is 28.5 Å². The number of benzene rings is 2. The lowest BCUT2D eigenvalue weighted by Gasteiger charge is -2.31. The number of anilines is 1. The summed E-state index contributed by atoms with van der Waals surface area (Å²) in [5, 5.41) is 3.35. The monoisotopic (exact) mass is 479 g/mol. The first kappa shape index (κ1) is 25.7. The maximum atomic E-state index is 13.3. The Labute approximate surface area is 195 Å². The summed E-state index contributed by atoms with van der Waals surface area (Å²) in [6.07, 6.45) is 2.81. The summed E-state index contributed by atoms with van der Waals surface area (Å²) in [5.41, 5.74) is 1.12. The van der Waals surface area contributed by atoms with Gasteiger partial charge in [0.15, 0.2) is 0 Å². The molecule has 9 heteroatoms. The maximum absolute atomic E-state index is 13.3. The molecule has 0 aliphatic heterocycles. The predicted octanol–water partition coefficient (Wildman–Crippen LogP) is 3.44. The number of rotatable bonds is 11. The van der Waals surface area contributed by atoms with Gasteiger partial charge in [0, 0.05) is 18.1 Å². The molecule has 0 fully saturated rings. The third kappa shape index (κ3) is 7.53. The lowest BCUT2D eigenvalue weighted by molar-refractivity contribution is -0.139. The van der Waals surface area contributed by atoms with Gasteiger partial charge in [-0.25, -0.2) is 8.42 Å². The number of unbranched alkanes of at least 4 members (excludes halogenated alkanes) is 1. The highest BCUT2D eigenvalue weighted by Crippen LogP contribution is 2.19. The molecule has 0 unspecified atom stereocenters. The van der Waals surface area contributed by atoms with Crippen LogP contribution >= 0.6 is 11.6 Å². The molecule has 0 radical (unpaired) electrons. The van der Waals surface area contributed by atoms with Gasteiger partial charge in [0.1, 0.15) is 12.6 Å². The number of carbonyl (C=O) groups excluding carboxylic acids is 2. The van der Waals surface area contributed by atoms with Gasteiger partial charge in [0.25, 0.3) is 0 Å². The van der Waals surface area contributed by atoms with Crippen molar-refractivity contribution in [2.24, 2.45) is 0 Å². The van der Waals surface area contributed by atoms with Gasteiger partial charge in [-0.15, -0.1) is 0 Å². The highest BCUT2D eigenvalue weighted by Gasteiger charge is 2.29. The molecule has 32 heavy (non-hydrogen) atoms. The molecule has 0 bridgehead atoms. The summed E-state index contributed by atoms with van der Waals surface area (Å²) < 4.78 is 25.9. The zero-order valence-electron chi connectivity index (χ0n) is 18.6. The maximum Gasteiger partial charge on any atom is 0.244 e. The molecule has 2 amide bonds. The quantitative estimate of drug-likeness (QED) is 0.500. The molecule has 0 saturated heterocycles. The minimum atomic E-state index is -3.73. The fourth-order valence-electron chi connectivity index (χ4n) is 3.16. The van der Waals surface area contributed by atoms with Crippen LogP contribution in [0.5, 0.6) is 0 Å². The normalized spacial score (nSPS) is 12.1. The molecular formula is C23H30ClN3O4S. The second-order valence-corrected chi connectivity index (χ2v) is 9.92. The highest BCUT2D eigenvalue weighted by molar-refractivity contribution is 7.92. The first-order chi connectivity index (χ1) is 15.1. The Morgan fingerprint density at radius 2 is 1.78 bits per heavy atom. The SMILES string of the molecule is CCCCNC(=O)[C@@H](C)N(Cc1cccc(Cl)c1)C(=O)CN(c1ccccc1)S(C)(=O)=O. The number of para-hydroxylation sites is 1. The van der Waals surface area contributed by atoms with Crippen molar-refractivity contribution < 1.29 is 18.0 Å². The first-order valence-electron chi connectivity index (χ1n) is 10.5. The Bertz CT molecular complexity index is 1010. The molecule has 174 valence electrons. The molecule has 0 aliphatic rings. The van der Waals surface area contributed by atoms with E-state index >= 15 is 0 Å². The van der Waals surface area contributed by atoms with E-state index in [2.05, 4.69) is 5.32 Å². The van der Waals surface area contributed by atoms with E-state index in [1.165, 1.54) is 4.90 Å². The fourth-order valence-corrected chi connectivity index (χ4v) is 4.22. The minimum absolute atomic E-state index is 0.119. The predicted molar refractivity (Wildman–Crippen MR) is 128 cm³/mol. The van der Waals surface area contributed by atoms with Crippen molar-refractivity contribution in [1.82, 2.24) is 10.2 Å². The van der Waals surface area contributed by atoms with Crippen molar-refractivity contribution in [3.05, 3.63) is 65.2 Å². The summed E-state index contributed by atoms with van der Waals surface area (Å²) in [5.74, 6) is -0.781. The van der Waals surface area contributed by atoms with Crippen LogP contribution < -0.4 is 9.62 Å². The second-order valence-electron chi connectivity index (χ2n) is 7.58. The van der Waals surface area contributed by atoms with Crippen LogP contribution in [-0.2, 0) is 26.2 Å². The summed E-state index contributed by atoms with van der Waals surface area (Å²) in [4.78, 5) is 27.4. The number of nitrogens with zero attached hydrogens (tertiary/aromatic N) is 2. The summed E-state index contributed by atoms with van der Waals surface area (Å²) in [6, 6.07) is 14.6. The number of hydrogen-bond acceptors (Lipinski definition) is 4. The molecule has 0 aliphatic carbocycles. The van der Waals surface area contributed by atoms with E-state index in [-0.39, 0.29) is 12.5 Å². The average molecular weight is 480 g/mol. The number of carbonyl (C=O) groups is 2. The number of hydrogen-bond donors (Lipinski definition) is 1. The van der Waals surface area contributed by atoms with Gasteiger partial charge in [0.2, 0.25) is 21.8 Å². The molecule has 0 spiro atoms. The molecular weight excluding hydrogens is 450 g/mol. The van der Waals surface area contributed by atoms with Crippen molar-refractivity contribution >= 4 is 39.1 Å². The number of sulfonamides is 1. The Morgan fingerprint density at radius 3 is 2.38 bits per heavy atom. The first-order valence-corrected chi connectivity index (χ1v) is 12.7. The zero-order valence-corrected chi connectivity index (χ0v) is 20.2. The zero-order chi connectivity index (χ0) is 23.7. The molecule has 0 saturated carbocycles. The van der Waals surface area contributed by atoms with Crippen LogP contribution in [0.4, 0.5) is 5.69 Å². The Hall–Kier alpha value is -2.58. The second kappa shape index (κ2) is 11.9. The van der Waals surface area contributed by atoms with Crippen LogP contribution in [0.3, 0.4) is 0 Å². The van der Waals surface area contributed by atoms with Crippen LogP contribution in [-0.4, -0.2) is 50.5 Å². The van der Waals surface area contributed by atoms with Crippen molar-refractivity contribution in [1.29, 1.82) is 0 Å². The van der Waals surface area contributed by atoms with Crippen LogP contribution in [0, 0.1) is 0 Å². The van der Waals surface area contributed by atoms with Gasteiger partial charge in [-0.05, 0) is 43.2 Å². The number of nitrogens with one attached hydrogen (secondary N) is 1. The van der Waals surface area contributed by atoms with Crippen LogP contribution in [0.1, 0.15) is 32.3 Å². The van der Waals surface area contributed by atoms with Gasteiger partial charge in [-0.3, -0.25) is 13.9 Å². The third-order valence-electron chi connectivity index (χ3n) is 4.96. The Kier molecular flexibility index (Phi) is 9.53. The van der Waals surface area contributed by atoms with Crippen molar-refractivity contribution in [3.63, 3.8) is 0 Å². The summed E-state index contributed by atoms with van der Waals surface area (Å²) in [7, 11) is -3.73. The van der Waals surface area contributed by atoms with Crippen molar-refractivity contribution in [3.8, 4) is 0 Å². The highest BCUT2D eigenvalue weighted by atomic mass is 35.5. The van der Waals surface area contributed by atoms with E-state index in [4.69, 9.17) is 11.6 Å². The topological polar surface area (TPSA) is 86.8 Å². The van der Waals surface area contributed by atoms with Gasteiger partial charge in [-0.2, -0.15) is 0 Å². The van der Waals surface area contributed by atoms with Gasteiger partial charge in [0.05, 0.1) is 11.9 Å². The number of halogens is 1.